The van der Waals surface area contributed by atoms with Crippen LogP contribution in [0.4, 0.5) is 0 Å². The molecule has 0 bridgehead atoms. The number of hydrogen-bond donors (Lipinski definition) is 2. The lowest BCUT2D eigenvalue weighted by molar-refractivity contribution is 0.00857. The Balaban J connectivity index is 1.99. The summed E-state index contributed by atoms with van der Waals surface area (Å²) in [6, 6.07) is 6.20. The van der Waals surface area contributed by atoms with E-state index in [9.17, 15) is 10.2 Å². The Kier molecular flexibility index (Phi) is 4.61. The Morgan fingerprint density at radius 2 is 1.89 bits per heavy atom. The van der Waals surface area contributed by atoms with Gasteiger partial charge in [0.1, 0.15) is 0 Å². The summed E-state index contributed by atoms with van der Waals surface area (Å²) in [5.74, 6) is 0.370. The maximum absolute atomic E-state index is 10.4. The lowest BCUT2D eigenvalue weighted by Gasteiger charge is -2.35. The second kappa shape index (κ2) is 6.04. The van der Waals surface area contributed by atoms with Crippen molar-refractivity contribution in [3.8, 4) is 0 Å². The van der Waals surface area contributed by atoms with Crippen LogP contribution in [0.3, 0.4) is 0 Å². The molecule has 1 aliphatic heterocycles. The molecule has 3 nitrogen and oxygen atoms in total. The number of β-amino-alcohol motifs (C(OH)–C–C–N with tert-alkyl or cyclic N) is 2. The molecular weight excluding hydrogens is 238 g/mol. The van der Waals surface area contributed by atoms with E-state index in [2.05, 4.69) is 31.7 Å². The number of likely N-dealkylation sites (tertiary alicyclic amines) is 1. The number of piperidine rings is 1. The van der Waals surface area contributed by atoms with Crippen molar-refractivity contribution in [1.29, 1.82) is 0 Å². The van der Waals surface area contributed by atoms with E-state index in [1.165, 1.54) is 11.1 Å². The summed E-state index contributed by atoms with van der Waals surface area (Å²) in [6.07, 6.45) is 0.264. The van der Waals surface area contributed by atoms with Crippen molar-refractivity contribution in [3.05, 3.63) is 34.9 Å². The van der Waals surface area contributed by atoms with E-state index >= 15 is 0 Å². The molecule has 3 heteroatoms. The van der Waals surface area contributed by atoms with Crippen LogP contribution >= 0.6 is 0 Å². The van der Waals surface area contributed by atoms with Crippen molar-refractivity contribution in [2.75, 3.05) is 19.6 Å². The van der Waals surface area contributed by atoms with Gasteiger partial charge in [0, 0.05) is 13.1 Å². The monoisotopic (exact) mass is 263 g/mol. The minimum Gasteiger partial charge on any atom is -0.392 e. The van der Waals surface area contributed by atoms with Gasteiger partial charge in [0.15, 0.2) is 0 Å². The number of aliphatic hydroxyl groups is 2. The molecule has 2 rings (SSSR count). The average molecular weight is 263 g/mol. The smallest absolute Gasteiger partial charge is 0.0917 e. The topological polar surface area (TPSA) is 43.7 Å². The molecule has 1 aromatic carbocycles. The van der Waals surface area contributed by atoms with E-state index in [-0.39, 0.29) is 6.10 Å². The quantitative estimate of drug-likeness (QED) is 0.877. The summed E-state index contributed by atoms with van der Waals surface area (Å²) in [7, 11) is 0. The van der Waals surface area contributed by atoms with Crippen molar-refractivity contribution >= 4 is 0 Å². The molecule has 1 aromatic rings. The van der Waals surface area contributed by atoms with Crippen molar-refractivity contribution in [2.24, 2.45) is 5.92 Å². The molecule has 1 saturated heterocycles. The second-order valence-electron chi connectivity index (χ2n) is 6.03. The van der Waals surface area contributed by atoms with Gasteiger partial charge >= 0.3 is 0 Å². The number of rotatable bonds is 3. The van der Waals surface area contributed by atoms with Gasteiger partial charge in [-0.2, -0.15) is 0 Å². The van der Waals surface area contributed by atoms with Gasteiger partial charge in [0.25, 0.3) is 0 Å². The molecule has 2 N–H and O–H groups in total. The van der Waals surface area contributed by atoms with E-state index in [1.807, 2.05) is 12.1 Å². The van der Waals surface area contributed by atoms with Gasteiger partial charge in [-0.25, -0.2) is 0 Å². The van der Waals surface area contributed by atoms with E-state index in [0.29, 0.717) is 19.0 Å². The van der Waals surface area contributed by atoms with E-state index < -0.39 is 6.10 Å². The standard InChI is InChI=1S/C16H25NO2/c1-11-6-12(2)8-14(7-11)16(19)10-17-5-4-13(3)15(18)9-17/h6-8,13,15-16,18-19H,4-5,9-10H2,1-3H3. The van der Waals surface area contributed by atoms with Crippen LogP contribution in [0.25, 0.3) is 0 Å². The maximum Gasteiger partial charge on any atom is 0.0917 e. The van der Waals surface area contributed by atoms with Gasteiger partial charge in [0.05, 0.1) is 12.2 Å². The summed E-state index contributed by atoms with van der Waals surface area (Å²) in [4.78, 5) is 2.16. The highest BCUT2D eigenvalue weighted by molar-refractivity contribution is 5.30. The molecule has 3 unspecified atom stereocenters. The summed E-state index contributed by atoms with van der Waals surface area (Å²) >= 11 is 0. The first kappa shape index (κ1) is 14.5. The van der Waals surface area contributed by atoms with Crippen LogP contribution in [-0.4, -0.2) is 40.9 Å². The first-order valence-electron chi connectivity index (χ1n) is 7.12. The molecule has 0 spiro atoms. The van der Waals surface area contributed by atoms with Crippen LogP contribution in [0.5, 0.6) is 0 Å². The molecule has 19 heavy (non-hydrogen) atoms. The number of aryl methyl sites for hydroxylation is 2. The molecule has 1 heterocycles. The molecular formula is C16H25NO2. The van der Waals surface area contributed by atoms with Gasteiger partial charge in [-0.15, -0.1) is 0 Å². The maximum atomic E-state index is 10.4. The fourth-order valence-corrected chi connectivity index (χ4v) is 2.83. The Morgan fingerprint density at radius 3 is 2.47 bits per heavy atom. The molecule has 1 fully saturated rings. The predicted octanol–water partition coefficient (Wildman–Crippen LogP) is 2.04. The highest BCUT2D eigenvalue weighted by atomic mass is 16.3. The van der Waals surface area contributed by atoms with Crippen LogP contribution < -0.4 is 0 Å². The van der Waals surface area contributed by atoms with Crippen LogP contribution in [0.1, 0.15) is 36.1 Å². The van der Waals surface area contributed by atoms with Crippen molar-refractivity contribution in [3.63, 3.8) is 0 Å². The minimum absolute atomic E-state index is 0.264. The van der Waals surface area contributed by atoms with Gasteiger partial charge in [-0.3, -0.25) is 4.90 Å². The van der Waals surface area contributed by atoms with Crippen LogP contribution in [-0.2, 0) is 0 Å². The minimum atomic E-state index is -0.473. The zero-order chi connectivity index (χ0) is 14.0. The molecule has 0 aromatic heterocycles. The summed E-state index contributed by atoms with van der Waals surface area (Å²) in [6.45, 7) is 8.42. The van der Waals surface area contributed by atoms with Crippen molar-refractivity contribution in [2.45, 2.75) is 39.4 Å². The SMILES string of the molecule is Cc1cc(C)cc(C(O)CN2CCC(C)C(O)C2)c1. The average Bonchev–Trinajstić information content (AvgIpc) is 2.32. The Hall–Kier alpha value is -0.900. The number of nitrogens with zero attached hydrogens (tertiary/aromatic N) is 1. The lowest BCUT2D eigenvalue weighted by atomic mass is 9.95. The van der Waals surface area contributed by atoms with Crippen LogP contribution in [0.15, 0.2) is 18.2 Å². The molecule has 0 aliphatic carbocycles. The van der Waals surface area contributed by atoms with Crippen molar-refractivity contribution < 1.29 is 10.2 Å². The Morgan fingerprint density at radius 1 is 1.26 bits per heavy atom. The van der Waals surface area contributed by atoms with Gasteiger partial charge < -0.3 is 10.2 Å². The van der Waals surface area contributed by atoms with E-state index in [0.717, 1.165) is 18.5 Å². The summed E-state index contributed by atoms with van der Waals surface area (Å²) in [5.41, 5.74) is 3.34. The zero-order valence-electron chi connectivity index (χ0n) is 12.1. The third kappa shape index (κ3) is 3.78. The fourth-order valence-electron chi connectivity index (χ4n) is 2.83. The molecule has 106 valence electrons. The summed E-state index contributed by atoms with van der Waals surface area (Å²) < 4.78 is 0. The molecule has 0 radical (unpaired) electrons. The zero-order valence-corrected chi connectivity index (χ0v) is 12.1. The highest BCUT2D eigenvalue weighted by Gasteiger charge is 2.25. The Labute approximate surface area is 115 Å². The van der Waals surface area contributed by atoms with E-state index in [1.54, 1.807) is 0 Å². The fraction of sp³-hybridized carbons (Fsp3) is 0.625. The molecule has 3 atom stereocenters. The molecule has 0 saturated carbocycles. The van der Waals surface area contributed by atoms with Gasteiger partial charge in [0.2, 0.25) is 0 Å². The highest BCUT2D eigenvalue weighted by Crippen LogP contribution is 2.22. The largest absolute Gasteiger partial charge is 0.392 e. The predicted molar refractivity (Wildman–Crippen MR) is 77.1 cm³/mol. The summed E-state index contributed by atoms with van der Waals surface area (Å²) in [5, 5.41) is 20.2. The van der Waals surface area contributed by atoms with E-state index in [4.69, 9.17) is 0 Å². The van der Waals surface area contributed by atoms with Crippen LogP contribution in [0.2, 0.25) is 0 Å². The number of aliphatic hydroxyl groups excluding tert-OH is 2. The first-order chi connectivity index (χ1) is 8.95. The van der Waals surface area contributed by atoms with Crippen molar-refractivity contribution in [1.82, 2.24) is 4.90 Å². The lowest BCUT2D eigenvalue weighted by Crippen LogP contribution is -2.44. The van der Waals surface area contributed by atoms with Gasteiger partial charge in [-0.05, 0) is 38.3 Å². The number of hydrogen-bond acceptors (Lipinski definition) is 3. The number of benzene rings is 1. The van der Waals surface area contributed by atoms with Crippen LogP contribution in [0, 0.1) is 19.8 Å². The molecule has 1 aliphatic rings. The normalized spacial score (nSPS) is 26.4. The van der Waals surface area contributed by atoms with Gasteiger partial charge in [-0.1, -0.05) is 36.2 Å². The Bertz CT molecular complexity index is 413. The molecule has 0 amide bonds. The first-order valence-corrected chi connectivity index (χ1v) is 7.12. The third-order valence-electron chi connectivity index (χ3n) is 4.06. The second-order valence-corrected chi connectivity index (χ2v) is 6.03. The third-order valence-corrected chi connectivity index (χ3v) is 4.06.